The highest BCUT2D eigenvalue weighted by Gasteiger charge is 2.37. The zero-order valence-corrected chi connectivity index (χ0v) is 15.1. The number of nitrogens with zero attached hydrogens (tertiary/aromatic N) is 3. The van der Waals surface area contributed by atoms with Crippen LogP contribution < -0.4 is 4.90 Å². The predicted octanol–water partition coefficient (Wildman–Crippen LogP) is 2.17. The van der Waals surface area contributed by atoms with Crippen molar-refractivity contribution in [3.05, 3.63) is 28.8 Å². The summed E-state index contributed by atoms with van der Waals surface area (Å²) in [6.07, 6.45) is 0.290. The average Bonchev–Trinajstić information content (AvgIpc) is 2.98. The lowest BCUT2D eigenvalue weighted by Gasteiger charge is -2.35. The van der Waals surface area contributed by atoms with Crippen molar-refractivity contribution < 1.29 is 9.59 Å². The zero-order valence-electron chi connectivity index (χ0n) is 14.3. The molecule has 0 aromatic heterocycles. The number of amides is 2. The number of piperazine rings is 1. The molecule has 0 aliphatic carbocycles. The second kappa shape index (κ2) is 7.11. The summed E-state index contributed by atoms with van der Waals surface area (Å²) in [6, 6.07) is 5.61. The smallest absolute Gasteiger partial charge is 0.228 e. The summed E-state index contributed by atoms with van der Waals surface area (Å²) in [5.41, 5.74) is 1.76. The Morgan fingerprint density at radius 2 is 1.96 bits per heavy atom. The van der Waals surface area contributed by atoms with Crippen molar-refractivity contribution in [3.63, 3.8) is 0 Å². The molecule has 0 unspecified atom stereocenters. The first-order chi connectivity index (χ1) is 11.5. The second-order valence-corrected chi connectivity index (χ2v) is 7.01. The first-order valence-electron chi connectivity index (χ1n) is 8.57. The molecule has 2 aliphatic heterocycles. The van der Waals surface area contributed by atoms with Crippen LogP contribution in [-0.2, 0) is 9.59 Å². The first-order valence-corrected chi connectivity index (χ1v) is 8.95. The minimum absolute atomic E-state index is 0.000430. The summed E-state index contributed by atoms with van der Waals surface area (Å²) >= 11 is 6.17. The minimum atomic E-state index is -0.245. The molecule has 2 heterocycles. The lowest BCUT2D eigenvalue weighted by Crippen LogP contribution is -2.50. The Labute approximate surface area is 148 Å². The molecular weight excluding hydrogens is 326 g/mol. The van der Waals surface area contributed by atoms with Gasteiger partial charge < -0.3 is 14.7 Å². The SMILES string of the molecule is CCN1CCN(C(=O)[C@@H]2CC(=O)N(c3ccc(C)c(Cl)c3)C2)CC1. The van der Waals surface area contributed by atoms with Gasteiger partial charge in [0, 0.05) is 49.9 Å². The van der Waals surface area contributed by atoms with Crippen LogP contribution in [0.4, 0.5) is 5.69 Å². The normalized spacial score (nSPS) is 22.3. The summed E-state index contributed by atoms with van der Waals surface area (Å²) in [5.74, 6) is -0.133. The molecule has 0 N–H and O–H groups in total. The Kier molecular flexibility index (Phi) is 5.11. The summed E-state index contributed by atoms with van der Waals surface area (Å²) in [5, 5.41) is 0.644. The van der Waals surface area contributed by atoms with Crippen LogP contribution in [0.3, 0.4) is 0 Å². The van der Waals surface area contributed by atoms with Gasteiger partial charge >= 0.3 is 0 Å². The molecule has 6 heteroatoms. The van der Waals surface area contributed by atoms with Crippen LogP contribution in [0.5, 0.6) is 0 Å². The molecule has 1 aromatic rings. The van der Waals surface area contributed by atoms with Gasteiger partial charge in [0.15, 0.2) is 0 Å². The van der Waals surface area contributed by atoms with E-state index >= 15 is 0 Å². The molecule has 0 bridgehead atoms. The first kappa shape index (κ1) is 17.2. The quantitative estimate of drug-likeness (QED) is 0.840. The van der Waals surface area contributed by atoms with E-state index in [9.17, 15) is 9.59 Å². The van der Waals surface area contributed by atoms with E-state index in [1.54, 1.807) is 4.90 Å². The monoisotopic (exact) mass is 349 g/mol. The third kappa shape index (κ3) is 3.42. The molecule has 2 fully saturated rings. The van der Waals surface area contributed by atoms with Gasteiger partial charge in [0.05, 0.1) is 5.92 Å². The number of halogens is 1. The standard InChI is InChI=1S/C18H24ClN3O2/c1-3-20-6-8-21(9-7-20)18(24)14-10-17(23)22(12-14)15-5-4-13(2)16(19)11-15/h4-5,11,14H,3,6-10,12H2,1-2H3/t14-/m1/s1. The molecule has 24 heavy (non-hydrogen) atoms. The third-order valence-corrected chi connectivity index (χ3v) is 5.48. The van der Waals surface area contributed by atoms with Crippen LogP contribution in [0.1, 0.15) is 18.9 Å². The molecule has 1 atom stereocenters. The number of carbonyl (C=O) groups is 2. The highest BCUT2D eigenvalue weighted by atomic mass is 35.5. The maximum absolute atomic E-state index is 12.7. The van der Waals surface area contributed by atoms with E-state index in [-0.39, 0.29) is 17.7 Å². The molecule has 130 valence electrons. The molecule has 2 saturated heterocycles. The summed E-state index contributed by atoms with van der Waals surface area (Å²) < 4.78 is 0. The van der Waals surface area contributed by atoms with E-state index in [4.69, 9.17) is 11.6 Å². The lowest BCUT2D eigenvalue weighted by molar-refractivity contribution is -0.137. The predicted molar refractivity (Wildman–Crippen MR) is 95.3 cm³/mol. The van der Waals surface area contributed by atoms with Gasteiger partial charge in [-0.05, 0) is 31.2 Å². The van der Waals surface area contributed by atoms with Gasteiger partial charge in [-0.3, -0.25) is 9.59 Å². The zero-order chi connectivity index (χ0) is 17.3. The van der Waals surface area contributed by atoms with Gasteiger partial charge in [0.2, 0.25) is 11.8 Å². The summed E-state index contributed by atoms with van der Waals surface area (Å²) in [7, 11) is 0. The molecule has 0 spiro atoms. The van der Waals surface area contributed by atoms with E-state index < -0.39 is 0 Å². The minimum Gasteiger partial charge on any atom is -0.340 e. The van der Waals surface area contributed by atoms with Crippen LogP contribution in [0.25, 0.3) is 0 Å². The summed E-state index contributed by atoms with van der Waals surface area (Å²) in [6.45, 7) is 8.89. The van der Waals surface area contributed by atoms with Gasteiger partial charge in [0.1, 0.15) is 0 Å². The highest BCUT2D eigenvalue weighted by Crippen LogP contribution is 2.29. The van der Waals surface area contributed by atoms with E-state index in [0.717, 1.165) is 44.0 Å². The lowest BCUT2D eigenvalue weighted by atomic mass is 10.1. The second-order valence-electron chi connectivity index (χ2n) is 6.60. The number of anilines is 1. The fraction of sp³-hybridized carbons (Fsp3) is 0.556. The van der Waals surface area contributed by atoms with E-state index in [0.29, 0.717) is 18.0 Å². The molecule has 0 saturated carbocycles. The largest absolute Gasteiger partial charge is 0.340 e. The fourth-order valence-corrected chi connectivity index (χ4v) is 3.59. The number of aryl methyl sites for hydroxylation is 1. The van der Waals surface area contributed by atoms with Crippen LogP contribution in [0.2, 0.25) is 5.02 Å². The van der Waals surface area contributed by atoms with Crippen molar-refractivity contribution in [2.24, 2.45) is 5.92 Å². The van der Waals surface area contributed by atoms with E-state index in [1.165, 1.54) is 0 Å². The van der Waals surface area contributed by atoms with Crippen LogP contribution in [-0.4, -0.2) is 60.9 Å². The molecule has 2 aliphatic rings. The molecule has 1 aromatic carbocycles. The fourth-order valence-electron chi connectivity index (χ4n) is 3.41. The Bertz CT molecular complexity index is 641. The number of hydrogen-bond donors (Lipinski definition) is 0. The molecule has 5 nitrogen and oxygen atoms in total. The number of benzene rings is 1. The maximum Gasteiger partial charge on any atom is 0.228 e. The molecule has 3 rings (SSSR count). The average molecular weight is 350 g/mol. The van der Waals surface area contributed by atoms with Gasteiger partial charge in [-0.15, -0.1) is 0 Å². The van der Waals surface area contributed by atoms with Crippen LogP contribution in [0.15, 0.2) is 18.2 Å². The maximum atomic E-state index is 12.7. The Morgan fingerprint density at radius 1 is 1.25 bits per heavy atom. The number of carbonyl (C=O) groups excluding carboxylic acids is 2. The number of rotatable bonds is 3. The highest BCUT2D eigenvalue weighted by molar-refractivity contribution is 6.31. The van der Waals surface area contributed by atoms with Gasteiger partial charge in [0.25, 0.3) is 0 Å². The Morgan fingerprint density at radius 3 is 2.58 bits per heavy atom. The number of hydrogen-bond acceptors (Lipinski definition) is 3. The van der Waals surface area contributed by atoms with Gasteiger partial charge in [-0.1, -0.05) is 24.6 Å². The molecule has 2 amide bonds. The molecule has 0 radical (unpaired) electrons. The van der Waals surface area contributed by atoms with Gasteiger partial charge in [-0.2, -0.15) is 0 Å². The van der Waals surface area contributed by atoms with Crippen LogP contribution >= 0.6 is 11.6 Å². The van der Waals surface area contributed by atoms with E-state index in [2.05, 4.69) is 11.8 Å². The van der Waals surface area contributed by atoms with Crippen molar-refractivity contribution >= 4 is 29.1 Å². The van der Waals surface area contributed by atoms with Crippen LogP contribution in [0, 0.1) is 12.8 Å². The van der Waals surface area contributed by atoms with Crippen molar-refractivity contribution in [1.29, 1.82) is 0 Å². The third-order valence-electron chi connectivity index (χ3n) is 5.07. The van der Waals surface area contributed by atoms with Crippen molar-refractivity contribution in [2.75, 3.05) is 44.2 Å². The van der Waals surface area contributed by atoms with E-state index in [1.807, 2.05) is 30.0 Å². The number of likely N-dealkylation sites (N-methyl/N-ethyl adjacent to an activating group) is 1. The summed E-state index contributed by atoms with van der Waals surface area (Å²) in [4.78, 5) is 31.1. The van der Waals surface area contributed by atoms with Crippen molar-refractivity contribution in [2.45, 2.75) is 20.3 Å². The van der Waals surface area contributed by atoms with Crippen molar-refractivity contribution in [3.8, 4) is 0 Å². The molecular formula is C18H24ClN3O2. The Hall–Kier alpha value is -1.59. The Balaban J connectivity index is 1.66. The van der Waals surface area contributed by atoms with Crippen molar-refractivity contribution in [1.82, 2.24) is 9.80 Å². The topological polar surface area (TPSA) is 43.9 Å². The van der Waals surface area contributed by atoms with Gasteiger partial charge in [-0.25, -0.2) is 0 Å².